The van der Waals surface area contributed by atoms with Crippen LogP contribution in [0.3, 0.4) is 0 Å². The maximum atomic E-state index is 6.31. The Bertz CT molecular complexity index is 292. The highest BCUT2D eigenvalue weighted by molar-refractivity contribution is 8.00. The SMILES string of the molecule is CCC1CCCCC1(CN)N1CCSC(C)(C)CC1. The fraction of sp³-hybridized carbons (Fsp3) is 1.00. The van der Waals surface area contributed by atoms with Gasteiger partial charge in [-0.05, 0) is 25.2 Å². The first-order chi connectivity index (χ1) is 9.04. The second kappa shape index (κ2) is 6.36. The zero-order chi connectivity index (χ0) is 13.9. The van der Waals surface area contributed by atoms with E-state index in [1.54, 1.807) is 0 Å². The van der Waals surface area contributed by atoms with Crippen LogP contribution in [0.2, 0.25) is 0 Å². The van der Waals surface area contributed by atoms with Crippen LogP contribution in [0, 0.1) is 5.92 Å². The molecule has 2 atom stereocenters. The Morgan fingerprint density at radius 2 is 2.00 bits per heavy atom. The van der Waals surface area contributed by atoms with Crippen molar-refractivity contribution in [2.45, 2.75) is 69.6 Å². The predicted molar refractivity (Wildman–Crippen MR) is 86.8 cm³/mol. The molecule has 0 bridgehead atoms. The van der Waals surface area contributed by atoms with Gasteiger partial charge >= 0.3 is 0 Å². The lowest BCUT2D eigenvalue weighted by Crippen LogP contribution is -2.60. The Labute approximate surface area is 123 Å². The molecule has 3 heteroatoms. The number of hydrogen-bond donors (Lipinski definition) is 1. The van der Waals surface area contributed by atoms with Crippen LogP contribution in [0.4, 0.5) is 0 Å². The summed E-state index contributed by atoms with van der Waals surface area (Å²) in [4.78, 5) is 2.78. The molecule has 2 unspecified atom stereocenters. The normalized spacial score (nSPS) is 36.9. The summed E-state index contributed by atoms with van der Waals surface area (Å²) in [5.74, 6) is 2.09. The molecule has 112 valence electrons. The van der Waals surface area contributed by atoms with Gasteiger partial charge in [-0.15, -0.1) is 0 Å². The van der Waals surface area contributed by atoms with Gasteiger partial charge < -0.3 is 5.73 Å². The second-order valence-corrected chi connectivity index (χ2v) is 8.81. The van der Waals surface area contributed by atoms with Crippen molar-refractivity contribution in [2.75, 3.05) is 25.4 Å². The average Bonchev–Trinajstić information content (AvgIpc) is 2.59. The van der Waals surface area contributed by atoms with Gasteiger partial charge in [-0.25, -0.2) is 0 Å². The minimum absolute atomic E-state index is 0.313. The summed E-state index contributed by atoms with van der Waals surface area (Å²) < 4.78 is 0.445. The summed E-state index contributed by atoms with van der Waals surface area (Å²) in [5, 5.41) is 0. The smallest absolute Gasteiger partial charge is 0.0360 e. The van der Waals surface area contributed by atoms with Gasteiger partial charge in [0.25, 0.3) is 0 Å². The Morgan fingerprint density at radius 1 is 1.21 bits per heavy atom. The molecule has 0 spiro atoms. The molecular formula is C16H32N2S. The highest BCUT2D eigenvalue weighted by Crippen LogP contribution is 2.42. The molecule has 0 amide bonds. The number of thioether (sulfide) groups is 1. The van der Waals surface area contributed by atoms with E-state index in [1.807, 2.05) is 0 Å². The van der Waals surface area contributed by atoms with Crippen LogP contribution in [0.15, 0.2) is 0 Å². The molecule has 0 aromatic carbocycles. The van der Waals surface area contributed by atoms with E-state index in [-0.39, 0.29) is 0 Å². The van der Waals surface area contributed by atoms with Crippen molar-refractivity contribution in [3.8, 4) is 0 Å². The van der Waals surface area contributed by atoms with E-state index in [2.05, 4.69) is 37.4 Å². The molecule has 2 N–H and O–H groups in total. The van der Waals surface area contributed by atoms with Gasteiger partial charge in [-0.1, -0.05) is 40.0 Å². The molecule has 2 nitrogen and oxygen atoms in total. The zero-order valence-electron chi connectivity index (χ0n) is 13.1. The average molecular weight is 285 g/mol. The molecule has 19 heavy (non-hydrogen) atoms. The third kappa shape index (κ3) is 3.30. The highest BCUT2D eigenvalue weighted by Gasteiger charge is 2.44. The van der Waals surface area contributed by atoms with Crippen molar-refractivity contribution in [3.05, 3.63) is 0 Å². The van der Waals surface area contributed by atoms with Crippen molar-refractivity contribution in [3.63, 3.8) is 0 Å². The van der Waals surface area contributed by atoms with Crippen LogP contribution in [0.5, 0.6) is 0 Å². The van der Waals surface area contributed by atoms with E-state index in [1.165, 1.54) is 57.4 Å². The van der Waals surface area contributed by atoms with Crippen molar-refractivity contribution >= 4 is 11.8 Å². The third-order valence-electron chi connectivity index (χ3n) is 5.49. The molecule has 0 aromatic rings. The Morgan fingerprint density at radius 3 is 2.68 bits per heavy atom. The minimum Gasteiger partial charge on any atom is -0.329 e. The minimum atomic E-state index is 0.313. The molecule has 2 rings (SSSR count). The predicted octanol–water partition coefficient (Wildman–Crippen LogP) is 3.50. The monoisotopic (exact) mass is 284 g/mol. The van der Waals surface area contributed by atoms with Gasteiger partial charge in [0.15, 0.2) is 0 Å². The van der Waals surface area contributed by atoms with E-state index in [4.69, 9.17) is 5.73 Å². The van der Waals surface area contributed by atoms with Crippen LogP contribution in [-0.4, -0.2) is 40.6 Å². The number of nitrogens with two attached hydrogens (primary N) is 1. The molecule has 1 heterocycles. The van der Waals surface area contributed by atoms with Gasteiger partial charge in [-0.3, -0.25) is 4.90 Å². The van der Waals surface area contributed by atoms with Gasteiger partial charge in [0.1, 0.15) is 0 Å². The molecule has 1 saturated carbocycles. The van der Waals surface area contributed by atoms with Crippen LogP contribution in [-0.2, 0) is 0 Å². The Balaban J connectivity index is 2.15. The van der Waals surface area contributed by atoms with Crippen LogP contribution in [0.1, 0.15) is 59.3 Å². The van der Waals surface area contributed by atoms with Crippen molar-refractivity contribution < 1.29 is 0 Å². The largest absolute Gasteiger partial charge is 0.329 e. The van der Waals surface area contributed by atoms with E-state index >= 15 is 0 Å². The number of hydrogen-bond acceptors (Lipinski definition) is 3. The van der Waals surface area contributed by atoms with E-state index in [0.29, 0.717) is 10.3 Å². The van der Waals surface area contributed by atoms with Crippen molar-refractivity contribution in [1.29, 1.82) is 0 Å². The molecular weight excluding hydrogens is 252 g/mol. The van der Waals surface area contributed by atoms with E-state index in [9.17, 15) is 0 Å². The number of rotatable bonds is 3. The topological polar surface area (TPSA) is 29.3 Å². The van der Waals surface area contributed by atoms with Gasteiger partial charge in [0, 0.05) is 35.7 Å². The zero-order valence-corrected chi connectivity index (χ0v) is 13.9. The second-order valence-electron chi connectivity index (χ2n) is 7.00. The van der Waals surface area contributed by atoms with Crippen molar-refractivity contribution in [1.82, 2.24) is 4.90 Å². The van der Waals surface area contributed by atoms with Gasteiger partial charge in [-0.2, -0.15) is 11.8 Å². The summed E-state index contributed by atoms with van der Waals surface area (Å²) in [6, 6.07) is 0. The van der Waals surface area contributed by atoms with Crippen LogP contribution in [0.25, 0.3) is 0 Å². The standard InChI is InChI=1S/C16H32N2S/c1-4-14-7-5-6-8-16(14,13-17)18-10-9-15(2,3)19-12-11-18/h14H,4-13,17H2,1-3H3. The lowest BCUT2D eigenvalue weighted by Gasteiger charge is -2.51. The van der Waals surface area contributed by atoms with E-state index in [0.717, 1.165) is 12.5 Å². The Hall–Kier alpha value is 0.270. The lowest BCUT2D eigenvalue weighted by atomic mass is 9.70. The number of nitrogens with zero attached hydrogens (tertiary/aromatic N) is 1. The maximum absolute atomic E-state index is 6.31. The fourth-order valence-corrected chi connectivity index (χ4v) is 5.26. The van der Waals surface area contributed by atoms with E-state index < -0.39 is 0 Å². The highest BCUT2D eigenvalue weighted by atomic mass is 32.2. The van der Waals surface area contributed by atoms with Gasteiger partial charge in [0.05, 0.1) is 0 Å². The fourth-order valence-electron chi connectivity index (χ4n) is 4.16. The Kier molecular flexibility index (Phi) is 5.24. The van der Waals surface area contributed by atoms with Crippen molar-refractivity contribution in [2.24, 2.45) is 11.7 Å². The summed E-state index contributed by atoms with van der Waals surface area (Å²) >= 11 is 2.14. The molecule has 0 radical (unpaired) electrons. The molecule has 1 aliphatic heterocycles. The molecule has 1 aliphatic carbocycles. The summed E-state index contributed by atoms with van der Waals surface area (Å²) in [7, 11) is 0. The summed E-state index contributed by atoms with van der Waals surface area (Å²) in [6.07, 6.45) is 8.10. The van der Waals surface area contributed by atoms with Crippen LogP contribution < -0.4 is 5.73 Å². The molecule has 1 saturated heterocycles. The molecule has 2 aliphatic rings. The lowest BCUT2D eigenvalue weighted by molar-refractivity contribution is 0.00772. The summed E-state index contributed by atoms with van der Waals surface area (Å²) in [5.41, 5.74) is 6.62. The molecule has 0 aromatic heterocycles. The molecule has 2 fully saturated rings. The third-order valence-corrected chi connectivity index (χ3v) is 6.86. The maximum Gasteiger partial charge on any atom is 0.0360 e. The summed E-state index contributed by atoms with van der Waals surface area (Å²) in [6.45, 7) is 10.5. The first-order valence-electron chi connectivity index (χ1n) is 8.13. The first-order valence-corrected chi connectivity index (χ1v) is 9.12. The first kappa shape index (κ1) is 15.7. The van der Waals surface area contributed by atoms with Gasteiger partial charge in [0.2, 0.25) is 0 Å². The quantitative estimate of drug-likeness (QED) is 0.860. The van der Waals surface area contributed by atoms with Crippen LogP contribution >= 0.6 is 11.8 Å².